The second-order valence-corrected chi connectivity index (χ2v) is 6.00. The van der Waals surface area contributed by atoms with Gasteiger partial charge in [-0.2, -0.15) is 17.0 Å². The van der Waals surface area contributed by atoms with E-state index in [1.165, 1.54) is 0 Å². The minimum Gasteiger partial charge on any atom is -0.444 e. The molecule has 90 valence electrons. The van der Waals surface area contributed by atoms with Crippen LogP contribution in [0.15, 0.2) is 0 Å². The van der Waals surface area contributed by atoms with E-state index < -0.39 is 11.7 Å². The number of nitrogens with zero attached hydrogens (tertiary/aromatic N) is 1. The number of carbonyl (C=O) groups excluding carboxylic acids is 1. The summed E-state index contributed by atoms with van der Waals surface area (Å²) < 4.78 is 5.17. The molecule has 16 heavy (non-hydrogen) atoms. The molecule has 1 aliphatic heterocycles. The fourth-order valence-electron chi connectivity index (χ4n) is 1.50. The monoisotopic (exact) mass is 242 g/mol. The van der Waals surface area contributed by atoms with Crippen molar-refractivity contribution in [2.24, 2.45) is 5.92 Å². The van der Waals surface area contributed by atoms with Gasteiger partial charge in [0, 0.05) is 11.8 Å². The lowest BCUT2D eigenvalue weighted by molar-refractivity contribution is 0.0493. The van der Waals surface area contributed by atoms with Crippen LogP contribution in [0.4, 0.5) is 4.79 Å². The molecule has 5 heteroatoms. The number of alkyl carbamates (subject to hydrolysis) is 1. The maximum Gasteiger partial charge on any atom is 0.407 e. The van der Waals surface area contributed by atoms with Crippen LogP contribution in [0.25, 0.3) is 0 Å². The largest absolute Gasteiger partial charge is 0.444 e. The Morgan fingerprint density at radius 2 is 2.25 bits per heavy atom. The first kappa shape index (κ1) is 13.2. The van der Waals surface area contributed by atoms with Crippen molar-refractivity contribution in [2.75, 3.05) is 11.5 Å². The fourth-order valence-corrected chi connectivity index (χ4v) is 2.64. The molecule has 1 amide bonds. The van der Waals surface area contributed by atoms with Gasteiger partial charge in [-0.1, -0.05) is 0 Å². The molecule has 0 unspecified atom stereocenters. The van der Waals surface area contributed by atoms with Crippen molar-refractivity contribution in [3.8, 4) is 6.07 Å². The van der Waals surface area contributed by atoms with Crippen molar-refractivity contribution < 1.29 is 9.53 Å². The van der Waals surface area contributed by atoms with Crippen molar-refractivity contribution in [2.45, 2.75) is 38.8 Å². The van der Waals surface area contributed by atoms with Gasteiger partial charge in [0.15, 0.2) is 0 Å². The van der Waals surface area contributed by atoms with Gasteiger partial charge in [-0.3, -0.25) is 0 Å². The summed E-state index contributed by atoms with van der Waals surface area (Å²) >= 11 is 1.76. The molecule has 0 aromatic heterocycles. The summed E-state index contributed by atoms with van der Waals surface area (Å²) in [5.41, 5.74) is -0.490. The highest BCUT2D eigenvalue weighted by molar-refractivity contribution is 7.99. The zero-order valence-corrected chi connectivity index (χ0v) is 10.8. The third kappa shape index (κ3) is 4.31. The minimum atomic E-state index is -0.490. The number of nitrogens with one attached hydrogen (secondary N) is 1. The van der Waals surface area contributed by atoms with Gasteiger partial charge in [-0.15, -0.1) is 0 Å². The average Bonchev–Trinajstić information content (AvgIpc) is 2.15. The normalized spacial score (nSPS) is 25.6. The Bertz CT molecular complexity index is 293. The molecule has 1 rings (SSSR count). The van der Waals surface area contributed by atoms with Crippen molar-refractivity contribution in [1.29, 1.82) is 5.26 Å². The summed E-state index contributed by atoms with van der Waals surface area (Å²) in [4.78, 5) is 11.5. The summed E-state index contributed by atoms with van der Waals surface area (Å²) in [6, 6.07) is 2.16. The highest BCUT2D eigenvalue weighted by Crippen LogP contribution is 2.23. The number of rotatable bonds is 1. The quantitative estimate of drug-likeness (QED) is 0.765. The predicted molar refractivity (Wildman–Crippen MR) is 64.2 cm³/mol. The van der Waals surface area contributed by atoms with Crippen LogP contribution in [0, 0.1) is 17.2 Å². The van der Waals surface area contributed by atoms with Crippen LogP contribution in [0.3, 0.4) is 0 Å². The standard InChI is InChI=1S/C11H18N2O2S/c1-11(2,3)15-10(14)13-9-4-5-16-7-8(9)6-12/h8-9H,4-5,7H2,1-3H3,(H,13,14)/t8-,9-/m1/s1. The number of nitriles is 1. The van der Waals surface area contributed by atoms with E-state index in [4.69, 9.17) is 10.00 Å². The van der Waals surface area contributed by atoms with Gasteiger partial charge >= 0.3 is 6.09 Å². The number of ether oxygens (including phenoxy) is 1. The number of hydrogen-bond donors (Lipinski definition) is 1. The molecule has 4 nitrogen and oxygen atoms in total. The molecule has 0 saturated carbocycles. The van der Waals surface area contributed by atoms with E-state index in [0.29, 0.717) is 0 Å². The zero-order chi connectivity index (χ0) is 12.2. The van der Waals surface area contributed by atoms with Gasteiger partial charge < -0.3 is 10.1 Å². The van der Waals surface area contributed by atoms with Crippen molar-refractivity contribution >= 4 is 17.9 Å². The predicted octanol–water partition coefficient (Wildman–Crippen LogP) is 2.16. The second kappa shape index (κ2) is 5.44. The Morgan fingerprint density at radius 3 is 2.81 bits per heavy atom. The molecule has 0 radical (unpaired) electrons. The molecule has 1 saturated heterocycles. The Kier molecular flexibility index (Phi) is 4.48. The van der Waals surface area contributed by atoms with Crippen LogP contribution in [0.2, 0.25) is 0 Å². The van der Waals surface area contributed by atoms with Gasteiger partial charge in [0.25, 0.3) is 0 Å². The van der Waals surface area contributed by atoms with Gasteiger partial charge in [0.05, 0.1) is 12.0 Å². The summed E-state index contributed by atoms with van der Waals surface area (Å²) in [6.07, 6.45) is 0.409. The van der Waals surface area contributed by atoms with E-state index >= 15 is 0 Å². The maximum atomic E-state index is 11.5. The number of hydrogen-bond acceptors (Lipinski definition) is 4. The molecule has 1 heterocycles. The molecule has 0 aromatic carbocycles. The van der Waals surface area contributed by atoms with Gasteiger partial charge in [-0.05, 0) is 32.9 Å². The van der Waals surface area contributed by atoms with E-state index in [-0.39, 0.29) is 12.0 Å². The smallest absolute Gasteiger partial charge is 0.407 e. The number of carbonyl (C=O) groups is 1. The lowest BCUT2D eigenvalue weighted by atomic mass is 10.0. The molecule has 0 aromatic rings. The SMILES string of the molecule is CC(C)(C)OC(=O)N[C@@H]1CCSC[C@H]1C#N. The van der Waals surface area contributed by atoms with Crippen LogP contribution in [-0.4, -0.2) is 29.2 Å². The van der Waals surface area contributed by atoms with Crippen molar-refractivity contribution in [3.63, 3.8) is 0 Å². The molecular formula is C11H18N2O2S. The lowest BCUT2D eigenvalue weighted by Crippen LogP contribution is -2.45. The van der Waals surface area contributed by atoms with Crippen LogP contribution < -0.4 is 5.32 Å². The highest BCUT2D eigenvalue weighted by Gasteiger charge is 2.28. The molecule has 1 aliphatic rings. The topological polar surface area (TPSA) is 62.1 Å². The molecule has 1 fully saturated rings. The molecular weight excluding hydrogens is 224 g/mol. The molecule has 0 aliphatic carbocycles. The van der Waals surface area contributed by atoms with Crippen LogP contribution in [-0.2, 0) is 4.74 Å². The van der Waals surface area contributed by atoms with Crippen molar-refractivity contribution in [3.05, 3.63) is 0 Å². The van der Waals surface area contributed by atoms with Gasteiger partial charge in [0.2, 0.25) is 0 Å². The maximum absolute atomic E-state index is 11.5. The van der Waals surface area contributed by atoms with E-state index in [2.05, 4.69) is 11.4 Å². The third-order valence-corrected chi connectivity index (χ3v) is 3.34. The molecule has 0 bridgehead atoms. The first-order valence-corrected chi connectivity index (χ1v) is 6.55. The van der Waals surface area contributed by atoms with Gasteiger partial charge in [-0.25, -0.2) is 4.79 Å². The van der Waals surface area contributed by atoms with E-state index in [1.807, 2.05) is 20.8 Å². The molecule has 2 atom stereocenters. The van der Waals surface area contributed by atoms with Gasteiger partial charge in [0.1, 0.15) is 5.60 Å². The fraction of sp³-hybridized carbons (Fsp3) is 0.818. The Hall–Kier alpha value is -0.890. The first-order valence-electron chi connectivity index (χ1n) is 5.39. The zero-order valence-electron chi connectivity index (χ0n) is 9.95. The van der Waals surface area contributed by atoms with E-state index in [0.717, 1.165) is 17.9 Å². The average molecular weight is 242 g/mol. The molecule has 0 spiro atoms. The lowest BCUT2D eigenvalue weighted by Gasteiger charge is -2.28. The third-order valence-electron chi connectivity index (χ3n) is 2.22. The Morgan fingerprint density at radius 1 is 1.56 bits per heavy atom. The summed E-state index contributed by atoms with van der Waals surface area (Å²) in [5, 5.41) is 11.7. The summed E-state index contributed by atoms with van der Waals surface area (Å²) in [7, 11) is 0. The number of amides is 1. The highest BCUT2D eigenvalue weighted by atomic mass is 32.2. The van der Waals surface area contributed by atoms with E-state index in [9.17, 15) is 4.79 Å². The Labute approximate surface area is 101 Å². The molecule has 1 N–H and O–H groups in total. The van der Waals surface area contributed by atoms with Crippen LogP contribution in [0.1, 0.15) is 27.2 Å². The summed E-state index contributed by atoms with van der Waals surface area (Å²) in [5.74, 6) is 1.67. The summed E-state index contributed by atoms with van der Waals surface area (Å²) in [6.45, 7) is 5.47. The van der Waals surface area contributed by atoms with Crippen LogP contribution in [0.5, 0.6) is 0 Å². The number of thioether (sulfide) groups is 1. The van der Waals surface area contributed by atoms with Crippen molar-refractivity contribution in [1.82, 2.24) is 5.32 Å². The van der Waals surface area contributed by atoms with E-state index in [1.54, 1.807) is 11.8 Å². The first-order chi connectivity index (χ1) is 7.42. The second-order valence-electron chi connectivity index (χ2n) is 4.85. The Balaban J connectivity index is 2.46. The minimum absolute atomic E-state index is 0.0684. The van der Waals surface area contributed by atoms with Crippen LogP contribution >= 0.6 is 11.8 Å².